The minimum Gasteiger partial charge on any atom is -0.396 e. The molecule has 6 heteroatoms. The van der Waals surface area contributed by atoms with Gasteiger partial charge in [0.25, 0.3) is 5.91 Å². The van der Waals surface area contributed by atoms with E-state index in [2.05, 4.69) is 21.8 Å². The van der Waals surface area contributed by atoms with E-state index in [1.165, 1.54) is 0 Å². The van der Waals surface area contributed by atoms with E-state index < -0.39 is 0 Å². The lowest BCUT2D eigenvalue weighted by Crippen LogP contribution is -2.47. The number of fused-ring (bicyclic) bond motifs is 1. The number of nitrogens with zero attached hydrogens (tertiary/aromatic N) is 4. The van der Waals surface area contributed by atoms with Gasteiger partial charge in [-0.05, 0) is 37.2 Å². The van der Waals surface area contributed by atoms with E-state index in [1.807, 2.05) is 35.2 Å². The van der Waals surface area contributed by atoms with Gasteiger partial charge in [-0.2, -0.15) is 0 Å². The van der Waals surface area contributed by atoms with Crippen LogP contribution in [0.15, 0.2) is 36.5 Å². The largest absolute Gasteiger partial charge is 0.396 e. The number of aromatic nitrogens is 1. The average Bonchev–Trinajstić information content (AvgIpc) is 3.11. The summed E-state index contributed by atoms with van der Waals surface area (Å²) >= 11 is 0. The fourth-order valence-electron chi connectivity index (χ4n) is 4.27. The van der Waals surface area contributed by atoms with Crippen LogP contribution in [0.4, 0.5) is 0 Å². The fourth-order valence-corrected chi connectivity index (χ4v) is 4.27. The topological polar surface area (TPSA) is 59.9 Å². The van der Waals surface area contributed by atoms with Crippen molar-refractivity contribution < 1.29 is 9.90 Å². The normalized spacial score (nSPS) is 24.6. The average molecular weight is 368 g/mol. The fraction of sp³-hybridized carbons (Fsp3) is 0.524. The van der Waals surface area contributed by atoms with Gasteiger partial charge < -0.3 is 19.8 Å². The summed E-state index contributed by atoms with van der Waals surface area (Å²) < 4.78 is 0. The third kappa shape index (κ3) is 3.98. The van der Waals surface area contributed by atoms with E-state index in [-0.39, 0.29) is 18.4 Å². The Morgan fingerprint density at radius 2 is 1.93 bits per heavy atom. The van der Waals surface area contributed by atoms with Crippen molar-refractivity contribution in [1.82, 2.24) is 19.7 Å². The molecule has 0 radical (unpaired) electrons. The van der Waals surface area contributed by atoms with Gasteiger partial charge in [0.1, 0.15) is 0 Å². The summed E-state index contributed by atoms with van der Waals surface area (Å²) in [6.07, 6.45) is 1.76. The summed E-state index contributed by atoms with van der Waals surface area (Å²) in [4.78, 5) is 24.1. The lowest BCUT2D eigenvalue weighted by Gasteiger charge is -2.34. The summed E-state index contributed by atoms with van der Waals surface area (Å²) in [5.41, 5.74) is 1.60. The summed E-state index contributed by atoms with van der Waals surface area (Å²) in [5.74, 6) is 0.556. The number of piperazine rings is 1. The molecule has 1 amide bonds. The molecule has 2 saturated heterocycles. The van der Waals surface area contributed by atoms with Crippen molar-refractivity contribution in [2.24, 2.45) is 11.8 Å². The zero-order valence-electron chi connectivity index (χ0n) is 15.9. The van der Waals surface area contributed by atoms with Gasteiger partial charge in [0, 0.05) is 75.5 Å². The van der Waals surface area contributed by atoms with E-state index >= 15 is 0 Å². The first-order chi connectivity index (χ1) is 13.1. The number of hydrogen-bond donors (Lipinski definition) is 1. The van der Waals surface area contributed by atoms with E-state index in [4.69, 9.17) is 0 Å². The molecule has 2 aromatic rings. The number of amides is 1. The molecule has 3 heterocycles. The zero-order chi connectivity index (χ0) is 18.8. The Morgan fingerprint density at radius 3 is 2.70 bits per heavy atom. The lowest BCUT2D eigenvalue weighted by molar-refractivity contribution is 0.0777. The van der Waals surface area contributed by atoms with Crippen LogP contribution in [0.3, 0.4) is 0 Å². The highest BCUT2D eigenvalue weighted by Gasteiger charge is 2.36. The first kappa shape index (κ1) is 18.3. The number of aliphatic hydroxyl groups is 1. The van der Waals surface area contributed by atoms with Gasteiger partial charge in [-0.1, -0.05) is 6.07 Å². The third-order valence-electron chi connectivity index (χ3n) is 6.04. The second-order valence-corrected chi connectivity index (χ2v) is 7.93. The minimum absolute atomic E-state index is 0.0556. The van der Waals surface area contributed by atoms with Gasteiger partial charge in [-0.15, -0.1) is 0 Å². The van der Waals surface area contributed by atoms with Crippen LogP contribution < -0.4 is 0 Å². The molecular weight excluding hydrogens is 340 g/mol. The summed E-state index contributed by atoms with van der Waals surface area (Å²) in [6, 6.07) is 9.56. The number of aliphatic hydroxyl groups excluding tert-OH is 1. The van der Waals surface area contributed by atoms with Crippen molar-refractivity contribution in [1.29, 1.82) is 0 Å². The van der Waals surface area contributed by atoms with Crippen molar-refractivity contribution in [3.63, 3.8) is 0 Å². The molecule has 1 aromatic carbocycles. The highest BCUT2D eigenvalue weighted by molar-refractivity contribution is 5.98. The van der Waals surface area contributed by atoms with Gasteiger partial charge in [-0.3, -0.25) is 9.78 Å². The summed E-state index contributed by atoms with van der Waals surface area (Å²) in [5, 5.41) is 10.8. The van der Waals surface area contributed by atoms with Crippen molar-refractivity contribution >= 4 is 16.8 Å². The molecule has 2 aliphatic rings. The molecule has 1 aromatic heterocycles. The van der Waals surface area contributed by atoms with Crippen molar-refractivity contribution in [3.8, 4) is 0 Å². The smallest absolute Gasteiger partial charge is 0.253 e. The second kappa shape index (κ2) is 7.92. The summed E-state index contributed by atoms with van der Waals surface area (Å²) in [7, 11) is 2.16. The zero-order valence-corrected chi connectivity index (χ0v) is 15.9. The van der Waals surface area contributed by atoms with Crippen LogP contribution in [0, 0.1) is 11.8 Å². The minimum atomic E-state index is 0.0556. The number of benzene rings is 1. The highest BCUT2D eigenvalue weighted by Crippen LogP contribution is 2.26. The van der Waals surface area contributed by atoms with Crippen LogP contribution in [-0.2, 0) is 0 Å². The van der Waals surface area contributed by atoms with Gasteiger partial charge in [0.05, 0.1) is 5.52 Å². The number of carbonyl (C=O) groups excluding carboxylic acids is 1. The maximum absolute atomic E-state index is 13.0. The van der Waals surface area contributed by atoms with E-state index in [9.17, 15) is 9.90 Å². The van der Waals surface area contributed by atoms with Crippen molar-refractivity contribution in [3.05, 3.63) is 42.1 Å². The molecule has 2 unspecified atom stereocenters. The molecule has 1 N–H and O–H groups in total. The van der Waals surface area contributed by atoms with Crippen LogP contribution in [0.2, 0.25) is 0 Å². The lowest BCUT2D eigenvalue weighted by atomic mass is 9.96. The first-order valence-corrected chi connectivity index (χ1v) is 9.80. The molecule has 144 valence electrons. The Hall–Kier alpha value is -2.02. The highest BCUT2D eigenvalue weighted by atomic mass is 16.3. The maximum atomic E-state index is 13.0. The molecule has 0 saturated carbocycles. The molecular formula is C21H28N4O2. The third-order valence-corrected chi connectivity index (χ3v) is 6.04. The number of likely N-dealkylation sites (N-methyl/N-ethyl adjacent to an activating group) is 1. The number of carbonyl (C=O) groups is 1. The van der Waals surface area contributed by atoms with Gasteiger partial charge >= 0.3 is 0 Å². The molecule has 0 bridgehead atoms. The van der Waals surface area contributed by atoms with E-state index in [1.54, 1.807) is 6.20 Å². The van der Waals surface area contributed by atoms with E-state index in [0.29, 0.717) is 18.0 Å². The van der Waals surface area contributed by atoms with Crippen LogP contribution in [-0.4, -0.2) is 90.2 Å². The van der Waals surface area contributed by atoms with Crippen molar-refractivity contribution in [2.75, 3.05) is 59.5 Å². The van der Waals surface area contributed by atoms with Gasteiger partial charge in [0.2, 0.25) is 0 Å². The van der Waals surface area contributed by atoms with Gasteiger partial charge in [-0.25, -0.2) is 0 Å². The molecule has 0 aliphatic carbocycles. The molecule has 2 fully saturated rings. The van der Waals surface area contributed by atoms with Crippen molar-refractivity contribution in [2.45, 2.75) is 0 Å². The van der Waals surface area contributed by atoms with Crippen LogP contribution in [0.25, 0.3) is 10.9 Å². The molecule has 0 spiro atoms. The Morgan fingerprint density at radius 1 is 1.15 bits per heavy atom. The monoisotopic (exact) mass is 368 g/mol. The predicted molar refractivity (Wildman–Crippen MR) is 106 cm³/mol. The standard InChI is InChI=1S/C21H28N4O2/c1-23-7-9-24(10-8-23)12-18-13-25(14-19(18)15-26)21(27)17-4-5-20-16(11-17)3-2-6-22-20/h2-6,11,18-19,26H,7-10,12-15H2,1H3. The van der Waals surface area contributed by atoms with Crippen LogP contribution in [0.5, 0.6) is 0 Å². The SMILES string of the molecule is CN1CCN(CC2CN(C(=O)c3ccc4ncccc4c3)CC2CO)CC1. The quantitative estimate of drug-likeness (QED) is 0.878. The number of hydrogen-bond acceptors (Lipinski definition) is 5. The molecule has 27 heavy (non-hydrogen) atoms. The Bertz CT molecular complexity index is 804. The maximum Gasteiger partial charge on any atom is 0.253 e. The van der Waals surface area contributed by atoms with Crippen LogP contribution in [0.1, 0.15) is 10.4 Å². The Labute approximate surface area is 160 Å². The molecule has 2 atom stereocenters. The number of pyridine rings is 1. The Balaban J connectivity index is 1.44. The number of rotatable bonds is 4. The number of likely N-dealkylation sites (tertiary alicyclic amines) is 1. The second-order valence-electron chi connectivity index (χ2n) is 7.93. The van der Waals surface area contributed by atoms with Gasteiger partial charge in [0.15, 0.2) is 0 Å². The molecule has 6 nitrogen and oxygen atoms in total. The Kier molecular flexibility index (Phi) is 5.38. The first-order valence-electron chi connectivity index (χ1n) is 9.80. The van der Waals surface area contributed by atoms with Crippen LogP contribution >= 0.6 is 0 Å². The molecule has 2 aliphatic heterocycles. The van der Waals surface area contributed by atoms with E-state index in [0.717, 1.165) is 50.2 Å². The summed E-state index contributed by atoms with van der Waals surface area (Å²) in [6.45, 7) is 6.77. The molecule has 4 rings (SSSR count). The predicted octanol–water partition coefficient (Wildman–Crippen LogP) is 1.16.